The summed E-state index contributed by atoms with van der Waals surface area (Å²) in [5, 5.41) is 19.6. The third kappa shape index (κ3) is 19.6. The maximum atomic E-state index is 10.9. The van der Waals surface area contributed by atoms with Gasteiger partial charge in [0.1, 0.15) is 0 Å². The summed E-state index contributed by atoms with van der Waals surface area (Å²) < 4.78 is 0. The lowest BCUT2D eigenvalue weighted by Crippen LogP contribution is -2.20. The molecule has 5 nitrogen and oxygen atoms in total. The molecule has 0 rings (SSSR count). The Bertz CT molecular complexity index is 374. The summed E-state index contributed by atoms with van der Waals surface area (Å²) in [5.41, 5.74) is 0. The highest BCUT2D eigenvalue weighted by Crippen LogP contribution is 2.16. The van der Waals surface area contributed by atoms with E-state index in [0.717, 1.165) is 19.3 Å². The average Bonchev–Trinajstić information content (AvgIpc) is 2.66. The summed E-state index contributed by atoms with van der Waals surface area (Å²) in [6.45, 7) is 2.27. The summed E-state index contributed by atoms with van der Waals surface area (Å²) in [5.74, 6) is -0.950. The maximum Gasteiger partial charge on any atom is 0.303 e. The second kappa shape index (κ2) is 20.6. The van der Waals surface area contributed by atoms with Crippen LogP contribution in [0.5, 0.6) is 0 Å². The summed E-state index contributed by atoms with van der Waals surface area (Å²) in [6.07, 6.45) is 22.6. The van der Waals surface area contributed by atoms with Gasteiger partial charge in [0.05, 0.1) is 6.42 Å². The van der Waals surface area contributed by atoms with Crippen molar-refractivity contribution >= 4 is 5.97 Å². The Morgan fingerprint density at radius 2 is 1.07 bits per heavy atom. The van der Waals surface area contributed by atoms with Crippen molar-refractivity contribution in [1.29, 1.82) is 0 Å². The van der Waals surface area contributed by atoms with Crippen LogP contribution in [0, 0.1) is 10.1 Å². The van der Waals surface area contributed by atoms with Gasteiger partial charge in [-0.05, 0) is 6.42 Å². The highest BCUT2D eigenvalue weighted by atomic mass is 16.6. The quantitative estimate of drug-likeness (QED) is 0.116. The minimum Gasteiger partial charge on any atom is -0.481 e. The molecule has 1 unspecified atom stereocenters. The van der Waals surface area contributed by atoms with Crippen LogP contribution >= 0.6 is 0 Å². The van der Waals surface area contributed by atoms with Crippen molar-refractivity contribution in [3.63, 3.8) is 0 Å². The van der Waals surface area contributed by atoms with Crippen molar-refractivity contribution in [1.82, 2.24) is 0 Å². The summed E-state index contributed by atoms with van der Waals surface area (Å²) in [6, 6.07) is -0.688. The molecule has 0 aliphatic rings. The number of hydrogen-bond donors (Lipinski definition) is 1. The minimum atomic E-state index is -0.950. The number of aliphatic carboxylic acids is 1. The first kappa shape index (κ1) is 26.9. The fourth-order valence-corrected chi connectivity index (χ4v) is 3.75. The third-order valence-electron chi connectivity index (χ3n) is 5.63. The van der Waals surface area contributed by atoms with E-state index in [1.165, 1.54) is 89.9 Å². The Kier molecular flexibility index (Phi) is 19.8. The molecule has 0 heterocycles. The van der Waals surface area contributed by atoms with Gasteiger partial charge in [-0.25, -0.2) is 0 Å². The summed E-state index contributed by atoms with van der Waals surface area (Å²) >= 11 is 0. The number of rotatable bonds is 22. The minimum absolute atomic E-state index is 0.107. The van der Waals surface area contributed by atoms with Crippen LogP contribution in [0.1, 0.15) is 135 Å². The molecule has 5 heteroatoms. The highest BCUT2D eigenvalue weighted by Gasteiger charge is 2.20. The van der Waals surface area contributed by atoms with Crippen molar-refractivity contribution in [2.45, 2.75) is 141 Å². The van der Waals surface area contributed by atoms with E-state index in [1.54, 1.807) is 0 Å². The molecular formula is C23H45NO4. The van der Waals surface area contributed by atoms with Gasteiger partial charge in [-0.2, -0.15) is 0 Å². The maximum absolute atomic E-state index is 10.9. The zero-order valence-corrected chi connectivity index (χ0v) is 18.3. The van der Waals surface area contributed by atoms with E-state index in [4.69, 9.17) is 5.11 Å². The first-order chi connectivity index (χ1) is 13.6. The van der Waals surface area contributed by atoms with Gasteiger partial charge in [0.25, 0.3) is 0 Å². The average molecular weight is 400 g/mol. The molecule has 0 spiro atoms. The van der Waals surface area contributed by atoms with Gasteiger partial charge >= 0.3 is 5.97 Å². The first-order valence-corrected chi connectivity index (χ1v) is 11.9. The van der Waals surface area contributed by atoms with Gasteiger partial charge < -0.3 is 5.11 Å². The molecule has 0 radical (unpaired) electrons. The normalized spacial score (nSPS) is 12.2. The molecule has 0 aromatic heterocycles. The first-order valence-electron chi connectivity index (χ1n) is 11.9. The lowest BCUT2D eigenvalue weighted by atomic mass is 10.0. The molecule has 0 saturated heterocycles. The Balaban J connectivity index is 3.28. The third-order valence-corrected chi connectivity index (χ3v) is 5.63. The van der Waals surface area contributed by atoms with Crippen LogP contribution in [0.25, 0.3) is 0 Å². The molecule has 0 aliphatic heterocycles. The zero-order chi connectivity index (χ0) is 20.9. The lowest BCUT2D eigenvalue weighted by molar-refractivity contribution is -0.524. The zero-order valence-electron chi connectivity index (χ0n) is 18.3. The molecule has 28 heavy (non-hydrogen) atoms. The Morgan fingerprint density at radius 3 is 1.39 bits per heavy atom. The van der Waals surface area contributed by atoms with Crippen LogP contribution in [0.2, 0.25) is 0 Å². The predicted octanol–water partition coefficient (Wildman–Crippen LogP) is 7.54. The Labute approximate surface area is 172 Å². The van der Waals surface area contributed by atoms with E-state index in [2.05, 4.69) is 6.92 Å². The van der Waals surface area contributed by atoms with Crippen molar-refractivity contribution in [3.05, 3.63) is 10.1 Å². The molecule has 0 amide bonds. The molecule has 1 N–H and O–H groups in total. The van der Waals surface area contributed by atoms with Crippen LogP contribution in [0.4, 0.5) is 0 Å². The second-order valence-corrected chi connectivity index (χ2v) is 8.32. The standard InChI is InChI=1S/C23H45NO4/c1-2-3-4-5-6-7-8-9-10-11-12-13-14-15-16-17-18-19-22(24(27)28)20-21-23(25)26/h22H,2-21H2,1H3,(H,25,26). The molecule has 0 fully saturated rings. The van der Waals surface area contributed by atoms with Gasteiger partial charge in [0.15, 0.2) is 0 Å². The van der Waals surface area contributed by atoms with E-state index in [1.807, 2.05) is 0 Å². The molecule has 0 saturated carbocycles. The van der Waals surface area contributed by atoms with Crippen molar-refractivity contribution < 1.29 is 14.8 Å². The number of unbranched alkanes of at least 4 members (excludes halogenated alkanes) is 16. The van der Waals surface area contributed by atoms with Crippen molar-refractivity contribution in [2.24, 2.45) is 0 Å². The van der Waals surface area contributed by atoms with Crippen LogP contribution in [-0.2, 0) is 4.79 Å². The van der Waals surface area contributed by atoms with Crippen LogP contribution < -0.4 is 0 Å². The van der Waals surface area contributed by atoms with Gasteiger partial charge in [0.2, 0.25) is 6.04 Å². The van der Waals surface area contributed by atoms with E-state index in [0.29, 0.717) is 6.42 Å². The van der Waals surface area contributed by atoms with E-state index in [-0.39, 0.29) is 17.8 Å². The number of carboxylic acids is 1. The smallest absolute Gasteiger partial charge is 0.303 e. The fraction of sp³-hybridized carbons (Fsp3) is 0.957. The van der Waals surface area contributed by atoms with E-state index < -0.39 is 12.0 Å². The number of carboxylic acid groups (broad SMARTS) is 1. The molecule has 1 atom stereocenters. The number of hydrogen-bond acceptors (Lipinski definition) is 3. The molecule has 0 aromatic carbocycles. The highest BCUT2D eigenvalue weighted by molar-refractivity contribution is 5.66. The van der Waals surface area contributed by atoms with Gasteiger partial charge in [-0.3, -0.25) is 14.9 Å². The van der Waals surface area contributed by atoms with Gasteiger partial charge in [-0.15, -0.1) is 0 Å². The molecule has 0 aromatic rings. The monoisotopic (exact) mass is 399 g/mol. The molecule has 166 valence electrons. The SMILES string of the molecule is CCCCCCCCCCCCCCCCCCCC(CCC(=O)O)[N+](=O)[O-]. The molecule has 0 bridgehead atoms. The fourth-order valence-electron chi connectivity index (χ4n) is 3.75. The number of nitrogens with zero attached hydrogens (tertiary/aromatic N) is 1. The predicted molar refractivity (Wildman–Crippen MR) is 116 cm³/mol. The van der Waals surface area contributed by atoms with Crippen molar-refractivity contribution in [2.75, 3.05) is 0 Å². The molecular weight excluding hydrogens is 354 g/mol. The van der Waals surface area contributed by atoms with Crippen molar-refractivity contribution in [3.8, 4) is 0 Å². The summed E-state index contributed by atoms with van der Waals surface area (Å²) in [4.78, 5) is 21.2. The Hall–Kier alpha value is -1.13. The van der Waals surface area contributed by atoms with E-state index >= 15 is 0 Å². The van der Waals surface area contributed by atoms with E-state index in [9.17, 15) is 14.9 Å². The largest absolute Gasteiger partial charge is 0.481 e. The Morgan fingerprint density at radius 1 is 0.714 bits per heavy atom. The van der Waals surface area contributed by atoms with Crippen LogP contribution in [0.3, 0.4) is 0 Å². The topological polar surface area (TPSA) is 80.4 Å². The van der Waals surface area contributed by atoms with Gasteiger partial charge in [0, 0.05) is 17.8 Å². The van der Waals surface area contributed by atoms with Crippen LogP contribution in [-0.4, -0.2) is 22.0 Å². The lowest BCUT2D eigenvalue weighted by Gasteiger charge is -2.08. The second-order valence-electron chi connectivity index (χ2n) is 8.32. The van der Waals surface area contributed by atoms with Gasteiger partial charge in [-0.1, -0.05) is 110 Å². The number of carbonyl (C=O) groups is 1. The number of nitro groups is 1. The molecule has 0 aliphatic carbocycles. The summed E-state index contributed by atoms with van der Waals surface area (Å²) in [7, 11) is 0. The van der Waals surface area contributed by atoms with Crippen LogP contribution in [0.15, 0.2) is 0 Å².